The summed E-state index contributed by atoms with van der Waals surface area (Å²) in [6, 6.07) is 13.4. The van der Waals surface area contributed by atoms with Crippen LogP contribution in [-0.4, -0.2) is 0 Å². The third-order valence-electron chi connectivity index (χ3n) is 6.59. The van der Waals surface area contributed by atoms with Crippen molar-refractivity contribution < 1.29 is 9.97 Å². The molecule has 34 heavy (non-hydrogen) atoms. The predicted octanol–water partition coefficient (Wildman–Crippen LogP) is 2.19. The van der Waals surface area contributed by atoms with Crippen LogP contribution in [-0.2, 0) is 0 Å². The molecule has 1 heterocycles. The predicted molar refractivity (Wildman–Crippen MR) is 130 cm³/mol. The molecule has 0 saturated carbocycles. The molecule has 5 aromatic carbocycles. The fraction of sp³-hybridized carbons (Fsp3) is 0. The second-order valence-corrected chi connectivity index (χ2v) is 8.34. The lowest BCUT2D eigenvalue weighted by Crippen LogP contribution is -2.25. The maximum atomic E-state index is 13.4. The molecule has 1 aliphatic rings. The minimum absolute atomic E-state index is 0.212. The second-order valence-electron chi connectivity index (χ2n) is 8.34. The van der Waals surface area contributed by atoms with Crippen LogP contribution in [0.1, 0.15) is 11.1 Å². The van der Waals surface area contributed by atoms with Crippen molar-refractivity contribution in [3.63, 3.8) is 0 Å². The van der Waals surface area contributed by atoms with Crippen molar-refractivity contribution in [2.75, 3.05) is 0 Å². The van der Waals surface area contributed by atoms with Crippen LogP contribution in [0.15, 0.2) is 79.2 Å². The minimum Gasteiger partial charge on any atom is -0.289 e. The Labute approximate surface area is 188 Å². The standard InChI is InChI=1S/C28H10N2O4/c31-25-13-5-1-3-7-15(13)27(33)21-17(25)9-11-19-23(21)29-20-12-10-18-22(24(20)30-19)28(34)16-8-4-2-6-14(16)26(18)32/h1,3,5-12H/p+2. The van der Waals surface area contributed by atoms with Crippen molar-refractivity contribution in [1.29, 1.82) is 0 Å². The highest BCUT2D eigenvalue weighted by Crippen LogP contribution is 2.22. The van der Waals surface area contributed by atoms with E-state index in [9.17, 15) is 19.2 Å². The van der Waals surface area contributed by atoms with Crippen LogP contribution in [0.3, 0.4) is 0 Å². The summed E-state index contributed by atoms with van der Waals surface area (Å²) in [7, 11) is 0. The number of hydrogen-bond donors (Lipinski definition) is 0. The van der Waals surface area contributed by atoms with E-state index in [4.69, 9.17) is 0 Å². The van der Waals surface area contributed by atoms with E-state index in [1.807, 2.05) is 0 Å². The van der Waals surface area contributed by atoms with Gasteiger partial charge in [0, 0.05) is 57.0 Å². The van der Waals surface area contributed by atoms with Crippen LogP contribution >= 0.6 is 0 Å². The first-order valence-corrected chi connectivity index (χ1v) is 10.6. The molecule has 6 aromatic rings. The van der Waals surface area contributed by atoms with Gasteiger partial charge in [0.1, 0.15) is 10.8 Å². The van der Waals surface area contributed by atoms with Crippen LogP contribution in [0.5, 0.6) is 0 Å². The summed E-state index contributed by atoms with van der Waals surface area (Å²) < 4.78 is 0. The van der Waals surface area contributed by atoms with E-state index in [-0.39, 0.29) is 38.1 Å². The molecule has 7 rings (SSSR count). The number of fused-ring (bicyclic) bond motifs is 8. The molecule has 0 saturated heterocycles. The Morgan fingerprint density at radius 3 is 1.62 bits per heavy atom. The van der Waals surface area contributed by atoms with E-state index in [0.29, 0.717) is 49.2 Å². The number of benzene rings is 5. The van der Waals surface area contributed by atoms with E-state index in [2.05, 4.69) is 21.4 Å². The summed E-state index contributed by atoms with van der Waals surface area (Å²) in [5, 5.41) is 1.91. The molecule has 0 spiro atoms. The van der Waals surface area contributed by atoms with E-state index >= 15 is 0 Å². The Hall–Kier alpha value is -5.02. The lowest BCUT2D eigenvalue weighted by Gasteiger charge is -2.03. The van der Waals surface area contributed by atoms with E-state index in [1.165, 1.54) is 12.2 Å². The van der Waals surface area contributed by atoms with E-state index in [0.717, 1.165) is 0 Å². The largest absolute Gasteiger partial charge is 0.289 e. The van der Waals surface area contributed by atoms with Crippen LogP contribution in [0, 0.1) is 0 Å². The van der Waals surface area contributed by atoms with Gasteiger partial charge >= 0.3 is 0 Å². The fourth-order valence-corrected chi connectivity index (χ4v) is 4.99. The highest BCUT2D eigenvalue weighted by molar-refractivity contribution is 6.09. The van der Waals surface area contributed by atoms with Crippen molar-refractivity contribution in [1.82, 2.24) is 0 Å². The van der Waals surface area contributed by atoms with Gasteiger partial charge in [-0.05, 0) is 12.1 Å². The van der Waals surface area contributed by atoms with Gasteiger partial charge in [-0.1, -0.05) is 35.7 Å². The molecule has 0 unspecified atom stereocenters. The molecule has 0 atom stereocenters. The average molecular weight is 440 g/mol. The highest BCUT2D eigenvalue weighted by atomic mass is 16.1. The van der Waals surface area contributed by atoms with Crippen LogP contribution in [0.25, 0.3) is 66.5 Å². The number of aromatic nitrogens is 2. The lowest BCUT2D eigenvalue weighted by molar-refractivity contribution is -0.359. The molecule has 6 nitrogen and oxygen atoms in total. The molecule has 1 aromatic heterocycles. The zero-order valence-corrected chi connectivity index (χ0v) is 17.4. The first-order valence-electron chi connectivity index (χ1n) is 10.6. The lowest BCUT2D eigenvalue weighted by atomic mass is 9.96. The molecule has 6 heteroatoms. The molecule has 2 N–H and O–H groups in total. The zero-order chi connectivity index (χ0) is 23.1. The summed E-state index contributed by atoms with van der Waals surface area (Å²) in [4.78, 5) is 59.4. The molecular formula is C28H12N2O4+2. The molecule has 0 aliphatic heterocycles. The Kier molecular flexibility index (Phi) is 3.42. The van der Waals surface area contributed by atoms with Crippen molar-refractivity contribution in [3.05, 3.63) is 112 Å². The third kappa shape index (κ3) is 2.20. The Morgan fingerprint density at radius 2 is 1.00 bits per heavy atom. The third-order valence-corrected chi connectivity index (χ3v) is 6.59. The molecule has 1 aliphatic carbocycles. The maximum absolute atomic E-state index is 13.4. The highest BCUT2D eigenvalue weighted by Gasteiger charge is 2.26. The second kappa shape index (κ2) is 6.27. The molecular weight excluding hydrogens is 428 g/mol. The number of nitrogens with one attached hydrogen (secondary N) is 2. The van der Waals surface area contributed by atoms with Crippen LogP contribution in [0.2, 0.25) is 0 Å². The number of rotatable bonds is 0. The topological polar surface area (TPSA) is 96.6 Å². The quantitative estimate of drug-likeness (QED) is 0.205. The van der Waals surface area contributed by atoms with E-state index < -0.39 is 0 Å². The minimum atomic E-state index is -0.289. The Balaban J connectivity index is 1.71. The average Bonchev–Trinajstić information content (AvgIpc) is 2.88. The van der Waals surface area contributed by atoms with Gasteiger partial charge in [-0.3, -0.25) is 19.2 Å². The molecule has 156 valence electrons. The van der Waals surface area contributed by atoms with Gasteiger partial charge in [-0.25, -0.2) is 0 Å². The van der Waals surface area contributed by atoms with Crippen molar-refractivity contribution in [3.8, 4) is 0 Å². The maximum Gasteiger partial charge on any atom is 0.288 e. The molecule has 0 amide bonds. The van der Waals surface area contributed by atoms with Crippen molar-refractivity contribution in [2.24, 2.45) is 0 Å². The first-order chi connectivity index (χ1) is 16.5. The fourth-order valence-electron chi connectivity index (χ4n) is 4.99. The Morgan fingerprint density at radius 1 is 0.500 bits per heavy atom. The molecule has 0 bridgehead atoms. The van der Waals surface area contributed by atoms with Gasteiger partial charge in [0.25, 0.3) is 22.1 Å². The van der Waals surface area contributed by atoms with Gasteiger partial charge in [0.05, 0.1) is 0 Å². The molecule has 0 radical (unpaired) electrons. The summed E-state index contributed by atoms with van der Waals surface area (Å²) in [5.41, 5.74) is 7.06. The molecule has 0 fully saturated rings. The normalized spacial score (nSPS) is 12.5. The monoisotopic (exact) mass is 440 g/mol. The smallest absolute Gasteiger partial charge is 0.288 e. The van der Waals surface area contributed by atoms with Crippen LogP contribution in [0.4, 0.5) is 0 Å². The number of aromatic amines is 2. The van der Waals surface area contributed by atoms with Crippen molar-refractivity contribution in [2.45, 2.75) is 0 Å². The van der Waals surface area contributed by atoms with E-state index in [1.54, 1.807) is 48.5 Å². The number of H-pyrrole nitrogens is 2. The van der Waals surface area contributed by atoms with Gasteiger partial charge < -0.3 is 0 Å². The van der Waals surface area contributed by atoms with Gasteiger partial charge in [0.2, 0.25) is 10.9 Å². The van der Waals surface area contributed by atoms with Gasteiger partial charge in [0.15, 0.2) is 10.9 Å². The summed E-state index contributed by atoms with van der Waals surface area (Å²) in [6.45, 7) is 0. The van der Waals surface area contributed by atoms with Gasteiger partial charge in [-0.2, -0.15) is 9.97 Å². The first kappa shape index (κ1) is 18.5. The van der Waals surface area contributed by atoms with Gasteiger partial charge in [-0.15, -0.1) is 0 Å². The summed E-state index contributed by atoms with van der Waals surface area (Å²) in [6.07, 6.45) is 2.95. The zero-order valence-electron chi connectivity index (χ0n) is 17.4. The SMILES string of the molecule is O=c1c2c(c(=O)c3c1ccc1[nH+]c4c(ccc5c(=O)c6ccccc6c(=O)c54)[nH+]c13)C=C=C=C2. The van der Waals surface area contributed by atoms with Crippen LogP contribution < -0.4 is 31.7 Å². The number of hydrogen-bond acceptors (Lipinski definition) is 4. The summed E-state index contributed by atoms with van der Waals surface area (Å²) >= 11 is 0. The summed E-state index contributed by atoms with van der Waals surface area (Å²) in [5.74, 6) is 0. The van der Waals surface area contributed by atoms with Crippen molar-refractivity contribution >= 4 is 66.5 Å². The Bertz CT molecular complexity index is 2280.